The number of thiophene rings is 1. The molecule has 0 fully saturated rings. The number of hydrogen-bond donors (Lipinski definition) is 2. The number of amides is 2. The number of carbonyl (C=O) groups is 2. The number of rotatable bonds is 5. The van der Waals surface area contributed by atoms with E-state index in [4.69, 9.17) is 0 Å². The predicted molar refractivity (Wildman–Crippen MR) is 96.4 cm³/mol. The first kappa shape index (κ1) is 16.7. The molecule has 0 bridgehead atoms. The number of fused-ring (bicyclic) bond motifs is 1. The van der Waals surface area contributed by atoms with Crippen molar-refractivity contribution in [1.29, 1.82) is 0 Å². The molecule has 2 heterocycles. The number of nitrogens with one attached hydrogen (secondary N) is 2. The third kappa shape index (κ3) is 3.34. The minimum atomic E-state index is -0.212. The quantitative estimate of drug-likeness (QED) is 0.864. The summed E-state index contributed by atoms with van der Waals surface area (Å²) in [4.78, 5) is 29.1. The molecule has 2 aromatic rings. The molecule has 24 heavy (non-hydrogen) atoms. The third-order valence-electron chi connectivity index (χ3n) is 4.46. The van der Waals surface area contributed by atoms with Crippen LogP contribution in [0.3, 0.4) is 0 Å². The monoisotopic (exact) mass is 344 g/mol. The molecule has 1 aromatic heterocycles. The summed E-state index contributed by atoms with van der Waals surface area (Å²) in [7, 11) is 0. The first-order valence-electron chi connectivity index (χ1n) is 8.17. The summed E-state index contributed by atoms with van der Waals surface area (Å²) in [5, 5.41) is 4.88. The average molecular weight is 344 g/mol. The normalized spacial score (nSPS) is 16.2. The van der Waals surface area contributed by atoms with E-state index in [9.17, 15) is 9.59 Å². The molecule has 0 spiro atoms. The van der Waals surface area contributed by atoms with Crippen molar-refractivity contribution in [2.24, 2.45) is 0 Å². The van der Waals surface area contributed by atoms with E-state index in [1.54, 1.807) is 16.2 Å². The molecule has 0 saturated heterocycles. The molecule has 1 aliphatic rings. The Labute approximate surface area is 145 Å². The fourth-order valence-corrected chi connectivity index (χ4v) is 3.82. The molecule has 0 radical (unpaired) electrons. The Morgan fingerprint density at radius 1 is 1.33 bits per heavy atom. The fourth-order valence-electron chi connectivity index (χ4n) is 3.06. The van der Waals surface area contributed by atoms with Gasteiger partial charge in [0.2, 0.25) is 5.91 Å². The van der Waals surface area contributed by atoms with Crippen molar-refractivity contribution in [3.8, 4) is 0 Å². The van der Waals surface area contributed by atoms with E-state index < -0.39 is 0 Å². The maximum Gasteiger partial charge on any atom is 0.285 e. The van der Waals surface area contributed by atoms with Crippen LogP contribution >= 0.6 is 11.3 Å². The van der Waals surface area contributed by atoms with E-state index in [0.717, 1.165) is 18.8 Å². The van der Waals surface area contributed by atoms with Crippen LogP contribution in [0.4, 0.5) is 11.4 Å². The molecule has 3 rings (SSSR count). The Kier molecular flexibility index (Phi) is 4.97. The van der Waals surface area contributed by atoms with Crippen LogP contribution in [-0.2, 0) is 16.1 Å². The maximum atomic E-state index is 13.1. The number of nitrogens with zero attached hydrogens (tertiary/aromatic N) is 1. The van der Waals surface area contributed by atoms with Crippen molar-refractivity contribution < 1.29 is 14.5 Å². The number of anilines is 2. The molecule has 1 aliphatic heterocycles. The lowest BCUT2D eigenvalue weighted by Crippen LogP contribution is -3.15. The SMILES string of the molecule is CC[NH+](Cc1cccs1)[C@H](C)C(=O)N1CC(=O)Nc2ccccc21. The molecular formula is C18H22N3O2S+. The first-order valence-corrected chi connectivity index (χ1v) is 9.05. The number of quaternary nitrogens is 1. The summed E-state index contributed by atoms with van der Waals surface area (Å²) in [6.07, 6.45) is 0. The van der Waals surface area contributed by atoms with Gasteiger partial charge in [-0.15, -0.1) is 11.3 Å². The van der Waals surface area contributed by atoms with Crippen LogP contribution in [-0.4, -0.2) is 30.9 Å². The highest BCUT2D eigenvalue weighted by atomic mass is 32.1. The second kappa shape index (κ2) is 7.15. The van der Waals surface area contributed by atoms with Gasteiger partial charge in [0.25, 0.3) is 5.91 Å². The first-order chi connectivity index (χ1) is 11.6. The average Bonchev–Trinajstić information content (AvgIpc) is 3.10. The number of para-hydroxylation sites is 2. The van der Waals surface area contributed by atoms with Gasteiger partial charge in [0.1, 0.15) is 13.1 Å². The smallest absolute Gasteiger partial charge is 0.285 e. The Balaban J connectivity index is 1.81. The van der Waals surface area contributed by atoms with Crippen LogP contribution in [0, 0.1) is 0 Å². The molecular weight excluding hydrogens is 322 g/mol. The predicted octanol–water partition coefficient (Wildman–Crippen LogP) is 1.53. The Morgan fingerprint density at radius 2 is 2.12 bits per heavy atom. The van der Waals surface area contributed by atoms with Gasteiger partial charge in [0, 0.05) is 0 Å². The summed E-state index contributed by atoms with van der Waals surface area (Å²) in [5.41, 5.74) is 1.48. The zero-order valence-electron chi connectivity index (χ0n) is 13.9. The zero-order chi connectivity index (χ0) is 17.1. The van der Waals surface area contributed by atoms with Crippen LogP contribution in [0.25, 0.3) is 0 Å². The van der Waals surface area contributed by atoms with E-state index in [1.165, 1.54) is 9.78 Å². The molecule has 0 saturated carbocycles. The second-order valence-corrected chi connectivity index (χ2v) is 7.01. The lowest BCUT2D eigenvalue weighted by Gasteiger charge is -2.33. The Bertz CT molecular complexity index is 730. The molecule has 6 heteroatoms. The molecule has 2 atom stereocenters. The van der Waals surface area contributed by atoms with Crippen LogP contribution in [0.1, 0.15) is 18.7 Å². The van der Waals surface area contributed by atoms with Gasteiger partial charge >= 0.3 is 0 Å². The largest absolute Gasteiger partial charge is 0.323 e. The Hall–Kier alpha value is -2.18. The molecule has 1 unspecified atom stereocenters. The van der Waals surface area contributed by atoms with Gasteiger partial charge in [0.15, 0.2) is 6.04 Å². The standard InChI is InChI=1S/C18H21N3O2S/c1-3-20(11-14-7-6-10-24-14)13(2)18(23)21-12-17(22)19-15-8-4-5-9-16(15)21/h4-10,13H,3,11-12H2,1-2H3,(H,19,22)/p+1/t13-/m1/s1. The number of hydrogen-bond acceptors (Lipinski definition) is 3. The summed E-state index contributed by atoms with van der Waals surface area (Å²) < 4.78 is 0. The molecule has 5 nitrogen and oxygen atoms in total. The van der Waals surface area contributed by atoms with Gasteiger partial charge in [-0.25, -0.2) is 0 Å². The van der Waals surface area contributed by atoms with Crippen LogP contribution in [0.5, 0.6) is 0 Å². The maximum absolute atomic E-state index is 13.1. The molecule has 2 N–H and O–H groups in total. The fraction of sp³-hybridized carbons (Fsp3) is 0.333. The molecule has 1 aromatic carbocycles. The minimum absolute atomic E-state index is 0.00861. The minimum Gasteiger partial charge on any atom is -0.323 e. The van der Waals surface area contributed by atoms with Crippen molar-refractivity contribution in [2.45, 2.75) is 26.4 Å². The summed E-state index contributed by atoms with van der Waals surface area (Å²) in [6.45, 7) is 5.79. The van der Waals surface area contributed by atoms with Crippen molar-refractivity contribution in [3.63, 3.8) is 0 Å². The van der Waals surface area contributed by atoms with Crippen molar-refractivity contribution >= 4 is 34.5 Å². The van der Waals surface area contributed by atoms with Crippen molar-refractivity contribution in [2.75, 3.05) is 23.3 Å². The highest BCUT2D eigenvalue weighted by molar-refractivity contribution is 7.09. The zero-order valence-corrected chi connectivity index (χ0v) is 14.7. The molecule has 2 amide bonds. The van der Waals surface area contributed by atoms with Gasteiger partial charge in [-0.2, -0.15) is 0 Å². The number of carbonyl (C=O) groups excluding carboxylic acids is 2. The van der Waals surface area contributed by atoms with E-state index >= 15 is 0 Å². The highest BCUT2D eigenvalue weighted by Crippen LogP contribution is 2.29. The van der Waals surface area contributed by atoms with E-state index in [-0.39, 0.29) is 24.4 Å². The van der Waals surface area contributed by atoms with E-state index in [1.807, 2.05) is 37.3 Å². The van der Waals surface area contributed by atoms with Gasteiger partial charge in [-0.05, 0) is 37.4 Å². The number of likely N-dealkylation sites (N-methyl/N-ethyl adjacent to an activating group) is 1. The summed E-state index contributed by atoms with van der Waals surface area (Å²) >= 11 is 1.71. The molecule has 0 aliphatic carbocycles. The van der Waals surface area contributed by atoms with Crippen molar-refractivity contribution in [3.05, 3.63) is 46.7 Å². The van der Waals surface area contributed by atoms with Gasteiger partial charge < -0.3 is 10.2 Å². The lowest BCUT2D eigenvalue weighted by atomic mass is 10.1. The second-order valence-electron chi connectivity index (χ2n) is 5.98. The van der Waals surface area contributed by atoms with Gasteiger partial charge in [-0.3, -0.25) is 14.5 Å². The van der Waals surface area contributed by atoms with E-state index in [2.05, 4.69) is 23.7 Å². The van der Waals surface area contributed by atoms with Crippen LogP contribution < -0.4 is 15.1 Å². The van der Waals surface area contributed by atoms with Crippen LogP contribution in [0.15, 0.2) is 41.8 Å². The highest BCUT2D eigenvalue weighted by Gasteiger charge is 2.34. The topological polar surface area (TPSA) is 53.9 Å². The molecule has 126 valence electrons. The van der Waals surface area contributed by atoms with Gasteiger partial charge in [0.05, 0.1) is 22.8 Å². The van der Waals surface area contributed by atoms with E-state index in [0.29, 0.717) is 5.69 Å². The van der Waals surface area contributed by atoms with Crippen LogP contribution in [0.2, 0.25) is 0 Å². The van der Waals surface area contributed by atoms with Crippen molar-refractivity contribution in [1.82, 2.24) is 0 Å². The van der Waals surface area contributed by atoms with Gasteiger partial charge in [-0.1, -0.05) is 18.2 Å². The lowest BCUT2D eigenvalue weighted by molar-refractivity contribution is -0.925. The third-order valence-corrected chi connectivity index (χ3v) is 5.33. The number of benzene rings is 1. The summed E-state index contributed by atoms with van der Waals surface area (Å²) in [6, 6.07) is 11.4. The summed E-state index contributed by atoms with van der Waals surface area (Å²) in [5.74, 6) is -0.156. The Morgan fingerprint density at radius 3 is 2.83 bits per heavy atom.